The lowest BCUT2D eigenvalue weighted by molar-refractivity contribution is 0.619. The number of alkyl halides is 1. The van der Waals surface area contributed by atoms with Crippen molar-refractivity contribution in [3.8, 4) is 5.69 Å². The molecule has 0 aliphatic carbocycles. The predicted octanol–water partition coefficient (Wildman–Crippen LogP) is 4.41. The van der Waals surface area contributed by atoms with E-state index < -0.39 is 0 Å². The van der Waals surface area contributed by atoms with Crippen LogP contribution >= 0.6 is 27.5 Å². The SMILES string of the molecule is Cc1cnc2c(c1)nc(CCCl)n2-c1ccc(Br)c(F)c1. The van der Waals surface area contributed by atoms with Gasteiger partial charge in [0.25, 0.3) is 0 Å². The van der Waals surface area contributed by atoms with Crippen LogP contribution in [-0.2, 0) is 6.42 Å². The minimum Gasteiger partial charge on any atom is -0.281 e. The molecular weight excluding hydrogens is 357 g/mol. The van der Waals surface area contributed by atoms with Crippen LogP contribution < -0.4 is 0 Å². The Bertz CT molecular complexity index is 816. The molecule has 0 N–H and O–H groups in total. The maximum atomic E-state index is 13.8. The number of hydrogen-bond acceptors (Lipinski definition) is 2. The van der Waals surface area contributed by atoms with Crippen LogP contribution in [0.4, 0.5) is 4.39 Å². The highest BCUT2D eigenvalue weighted by Gasteiger charge is 2.14. The van der Waals surface area contributed by atoms with Crippen LogP contribution in [0.1, 0.15) is 11.4 Å². The Labute approximate surface area is 134 Å². The van der Waals surface area contributed by atoms with E-state index in [0.29, 0.717) is 28.1 Å². The van der Waals surface area contributed by atoms with Gasteiger partial charge in [-0.3, -0.25) is 4.57 Å². The van der Waals surface area contributed by atoms with Gasteiger partial charge in [0.2, 0.25) is 0 Å². The molecule has 0 aliphatic heterocycles. The highest BCUT2D eigenvalue weighted by Crippen LogP contribution is 2.24. The van der Waals surface area contributed by atoms with Crippen molar-refractivity contribution in [2.75, 3.05) is 5.88 Å². The topological polar surface area (TPSA) is 30.7 Å². The van der Waals surface area contributed by atoms with Crippen LogP contribution in [0.15, 0.2) is 34.9 Å². The van der Waals surface area contributed by atoms with Gasteiger partial charge in [-0.25, -0.2) is 14.4 Å². The zero-order valence-electron chi connectivity index (χ0n) is 11.3. The molecule has 0 spiro atoms. The third-order valence-corrected chi connectivity index (χ3v) is 4.01. The number of aromatic nitrogens is 3. The minimum atomic E-state index is -0.321. The summed E-state index contributed by atoms with van der Waals surface area (Å²) in [5.74, 6) is 0.902. The van der Waals surface area contributed by atoms with E-state index in [2.05, 4.69) is 25.9 Å². The van der Waals surface area contributed by atoms with Gasteiger partial charge in [0.1, 0.15) is 17.2 Å². The van der Waals surface area contributed by atoms with E-state index in [1.807, 2.05) is 23.6 Å². The molecule has 0 atom stereocenters. The molecule has 3 nitrogen and oxygen atoms in total. The Morgan fingerprint density at radius 2 is 2.14 bits per heavy atom. The highest BCUT2D eigenvalue weighted by molar-refractivity contribution is 9.10. The van der Waals surface area contributed by atoms with Crippen LogP contribution in [-0.4, -0.2) is 20.4 Å². The molecule has 108 valence electrons. The molecule has 0 amide bonds. The quantitative estimate of drug-likeness (QED) is 0.641. The summed E-state index contributed by atoms with van der Waals surface area (Å²) in [6.45, 7) is 1.96. The first-order valence-corrected chi connectivity index (χ1v) is 7.78. The van der Waals surface area contributed by atoms with Gasteiger partial charge in [-0.1, -0.05) is 0 Å². The molecule has 0 radical (unpaired) electrons. The van der Waals surface area contributed by atoms with Crippen LogP contribution in [0.3, 0.4) is 0 Å². The number of pyridine rings is 1. The number of nitrogens with zero attached hydrogens (tertiary/aromatic N) is 3. The number of benzene rings is 1. The fraction of sp³-hybridized carbons (Fsp3) is 0.200. The Morgan fingerprint density at radius 1 is 1.33 bits per heavy atom. The third-order valence-electron chi connectivity index (χ3n) is 3.18. The molecule has 0 fully saturated rings. The number of hydrogen-bond donors (Lipinski definition) is 0. The van der Waals surface area contributed by atoms with Gasteiger partial charge in [-0.15, -0.1) is 11.6 Å². The van der Waals surface area contributed by atoms with Gasteiger partial charge in [0, 0.05) is 18.5 Å². The first-order chi connectivity index (χ1) is 10.1. The van der Waals surface area contributed by atoms with E-state index in [1.165, 1.54) is 6.07 Å². The average Bonchev–Trinajstić information content (AvgIpc) is 2.79. The minimum absolute atomic E-state index is 0.321. The number of aryl methyl sites for hydroxylation is 2. The van der Waals surface area contributed by atoms with Crippen molar-refractivity contribution in [2.45, 2.75) is 13.3 Å². The second-order valence-corrected chi connectivity index (χ2v) is 5.99. The summed E-state index contributed by atoms with van der Waals surface area (Å²) < 4.78 is 16.1. The molecule has 6 heteroatoms. The maximum Gasteiger partial charge on any atom is 0.164 e. The van der Waals surface area contributed by atoms with Gasteiger partial charge in [0.05, 0.1) is 10.2 Å². The number of fused-ring (bicyclic) bond motifs is 1. The molecule has 0 unspecified atom stereocenters. The maximum absolute atomic E-state index is 13.8. The Kier molecular flexibility index (Phi) is 3.95. The molecule has 0 saturated heterocycles. The summed E-state index contributed by atoms with van der Waals surface area (Å²) >= 11 is 9.02. The fourth-order valence-corrected chi connectivity index (χ4v) is 2.68. The first-order valence-electron chi connectivity index (χ1n) is 6.45. The molecule has 21 heavy (non-hydrogen) atoms. The lowest BCUT2D eigenvalue weighted by Gasteiger charge is -2.08. The average molecular weight is 369 g/mol. The summed E-state index contributed by atoms with van der Waals surface area (Å²) in [6.07, 6.45) is 2.37. The largest absolute Gasteiger partial charge is 0.281 e. The van der Waals surface area contributed by atoms with Crippen molar-refractivity contribution in [2.24, 2.45) is 0 Å². The normalized spacial score (nSPS) is 11.2. The van der Waals surface area contributed by atoms with Gasteiger partial charge >= 0.3 is 0 Å². The van der Waals surface area contributed by atoms with Crippen LogP contribution in [0.2, 0.25) is 0 Å². The van der Waals surface area contributed by atoms with Gasteiger partial charge in [0.15, 0.2) is 5.65 Å². The Morgan fingerprint density at radius 3 is 2.86 bits per heavy atom. The van der Waals surface area contributed by atoms with E-state index in [9.17, 15) is 4.39 Å². The molecule has 0 bridgehead atoms. The lowest BCUT2D eigenvalue weighted by atomic mass is 10.3. The molecule has 2 aromatic heterocycles. The Hall–Kier alpha value is -1.46. The summed E-state index contributed by atoms with van der Waals surface area (Å²) in [7, 11) is 0. The van der Waals surface area contributed by atoms with Gasteiger partial charge in [-0.2, -0.15) is 0 Å². The van der Waals surface area contributed by atoms with Crippen molar-refractivity contribution in [3.05, 3.63) is 52.1 Å². The summed E-state index contributed by atoms with van der Waals surface area (Å²) in [4.78, 5) is 9.01. The molecule has 2 heterocycles. The van der Waals surface area contributed by atoms with Crippen molar-refractivity contribution >= 4 is 38.7 Å². The van der Waals surface area contributed by atoms with E-state index in [-0.39, 0.29) is 5.82 Å². The molecule has 0 aliphatic rings. The second kappa shape index (κ2) is 5.73. The predicted molar refractivity (Wildman–Crippen MR) is 85.7 cm³/mol. The van der Waals surface area contributed by atoms with Crippen LogP contribution in [0.5, 0.6) is 0 Å². The van der Waals surface area contributed by atoms with Crippen LogP contribution in [0.25, 0.3) is 16.9 Å². The Balaban J connectivity index is 2.27. The number of imidazole rings is 1. The molecule has 1 aromatic carbocycles. The van der Waals surface area contributed by atoms with Crippen molar-refractivity contribution in [3.63, 3.8) is 0 Å². The van der Waals surface area contributed by atoms with Crippen molar-refractivity contribution in [1.29, 1.82) is 0 Å². The second-order valence-electron chi connectivity index (χ2n) is 4.76. The number of halogens is 3. The van der Waals surface area contributed by atoms with Gasteiger partial charge < -0.3 is 0 Å². The molecular formula is C15H12BrClFN3. The first kappa shape index (κ1) is 14.5. The van der Waals surface area contributed by atoms with E-state index in [0.717, 1.165) is 16.9 Å². The summed E-state index contributed by atoms with van der Waals surface area (Å²) in [6, 6.07) is 6.93. The van der Waals surface area contributed by atoms with E-state index in [4.69, 9.17) is 11.6 Å². The zero-order chi connectivity index (χ0) is 15.0. The van der Waals surface area contributed by atoms with Gasteiger partial charge in [-0.05, 0) is 52.7 Å². The smallest absolute Gasteiger partial charge is 0.164 e. The zero-order valence-corrected chi connectivity index (χ0v) is 13.6. The highest BCUT2D eigenvalue weighted by atomic mass is 79.9. The number of rotatable bonds is 3. The lowest BCUT2D eigenvalue weighted by Crippen LogP contribution is -2.03. The summed E-state index contributed by atoms with van der Waals surface area (Å²) in [5, 5.41) is 0. The third kappa shape index (κ3) is 2.68. The van der Waals surface area contributed by atoms with Crippen molar-refractivity contribution in [1.82, 2.24) is 14.5 Å². The monoisotopic (exact) mass is 367 g/mol. The standard InChI is InChI=1S/C15H12BrClFN3/c1-9-6-13-15(19-8-9)21(14(20-13)4-5-17)10-2-3-11(16)12(18)7-10/h2-3,6-8H,4-5H2,1H3. The molecule has 3 rings (SSSR count). The molecule has 0 saturated carbocycles. The van der Waals surface area contributed by atoms with E-state index in [1.54, 1.807) is 12.3 Å². The molecule has 3 aromatic rings. The van der Waals surface area contributed by atoms with Crippen molar-refractivity contribution < 1.29 is 4.39 Å². The fourth-order valence-electron chi connectivity index (χ4n) is 2.26. The van der Waals surface area contributed by atoms with Crippen LogP contribution in [0, 0.1) is 12.7 Å². The van der Waals surface area contributed by atoms with E-state index >= 15 is 0 Å². The summed E-state index contributed by atoms with van der Waals surface area (Å²) in [5.41, 5.74) is 3.22.